The molecular weight excluding hydrogens is 348 g/mol. The van der Waals surface area contributed by atoms with Crippen molar-refractivity contribution in [2.75, 3.05) is 7.11 Å². The Hall–Kier alpha value is -1.17. The zero-order valence-corrected chi connectivity index (χ0v) is 13.0. The molecule has 0 fully saturated rings. The van der Waals surface area contributed by atoms with Crippen LogP contribution in [0.4, 0.5) is 0 Å². The molecule has 0 bridgehead atoms. The molecule has 0 radical (unpaired) electrons. The van der Waals surface area contributed by atoms with Crippen molar-refractivity contribution >= 4 is 49.8 Å². The Morgan fingerprint density at radius 1 is 1.32 bits per heavy atom. The molecule has 0 amide bonds. The van der Waals surface area contributed by atoms with E-state index in [4.69, 9.17) is 16.3 Å². The van der Waals surface area contributed by atoms with Crippen molar-refractivity contribution in [1.82, 2.24) is 9.97 Å². The topological polar surface area (TPSA) is 35.0 Å². The molecule has 0 saturated carbocycles. The third kappa shape index (κ3) is 2.33. The lowest BCUT2D eigenvalue weighted by Crippen LogP contribution is -1.91. The third-order valence-electron chi connectivity index (χ3n) is 2.66. The van der Waals surface area contributed by atoms with E-state index in [0.717, 1.165) is 26.0 Å². The number of fused-ring (bicyclic) bond motifs is 1. The summed E-state index contributed by atoms with van der Waals surface area (Å²) in [6, 6.07) is 7.65. The molecule has 0 unspecified atom stereocenters. The number of hydrogen-bond acceptors (Lipinski definition) is 4. The van der Waals surface area contributed by atoms with Crippen LogP contribution in [0.2, 0.25) is 5.15 Å². The summed E-state index contributed by atoms with van der Waals surface area (Å²) in [5, 5.41) is 3.20. The second-order valence-electron chi connectivity index (χ2n) is 3.82. The molecule has 0 aliphatic rings. The third-order valence-corrected chi connectivity index (χ3v) is 4.49. The van der Waals surface area contributed by atoms with Gasteiger partial charge in [-0.25, -0.2) is 9.97 Å². The van der Waals surface area contributed by atoms with Crippen LogP contribution in [0.1, 0.15) is 0 Å². The van der Waals surface area contributed by atoms with Gasteiger partial charge in [-0.05, 0) is 28.1 Å². The van der Waals surface area contributed by atoms with Gasteiger partial charge in [0.25, 0.3) is 0 Å². The van der Waals surface area contributed by atoms with Crippen LogP contribution >= 0.6 is 38.9 Å². The van der Waals surface area contributed by atoms with Crippen LogP contribution in [0.3, 0.4) is 0 Å². The molecule has 0 saturated heterocycles. The standard InChI is InChI=1S/C13H8BrClN2OS/c1-18-7-5-10(19-6-7)13-16-11-8(12(15)17-13)3-2-4-9(11)14/h2-6H,1H3. The van der Waals surface area contributed by atoms with Gasteiger partial charge in [-0.15, -0.1) is 11.3 Å². The van der Waals surface area contributed by atoms with Crippen molar-refractivity contribution in [2.45, 2.75) is 0 Å². The highest BCUT2D eigenvalue weighted by Crippen LogP contribution is 2.33. The number of nitrogens with zero attached hydrogens (tertiary/aromatic N) is 2. The monoisotopic (exact) mass is 354 g/mol. The first-order chi connectivity index (χ1) is 9.19. The largest absolute Gasteiger partial charge is 0.496 e. The Balaban J connectivity index is 2.22. The summed E-state index contributed by atoms with van der Waals surface area (Å²) in [6.07, 6.45) is 0. The van der Waals surface area contributed by atoms with Gasteiger partial charge in [-0.3, -0.25) is 0 Å². The molecule has 96 valence electrons. The molecular formula is C13H8BrClN2OS. The lowest BCUT2D eigenvalue weighted by molar-refractivity contribution is 0.417. The van der Waals surface area contributed by atoms with E-state index in [2.05, 4.69) is 25.9 Å². The van der Waals surface area contributed by atoms with Gasteiger partial charge in [0, 0.05) is 21.3 Å². The Labute approximate surface area is 127 Å². The molecule has 0 aliphatic heterocycles. The molecule has 2 aromatic heterocycles. The molecule has 3 rings (SSSR count). The lowest BCUT2D eigenvalue weighted by atomic mass is 10.2. The van der Waals surface area contributed by atoms with E-state index in [1.807, 2.05) is 29.6 Å². The van der Waals surface area contributed by atoms with E-state index < -0.39 is 0 Å². The maximum Gasteiger partial charge on any atom is 0.171 e. The van der Waals surface area contributed by atoms with Crippen molar-refractivity contribution in [3.05, 3.63) is 39.3 Å². The van der Waals surface area contributed by atoms with Crippen LogP contribution in [-0.2, 0) is 0 Å². The maximum absolute atomic E-state index is 6.23. The number of halogens is 2. The number of hydrogen-bond donors (Lipinski definition) is 0. The van der Waals surface area contributed by atoms with E-state index in [0.29, 0.717) is 11.0 Å². The summed E-state index contributed by atoms with van der Waals surface area (Å²) in [4.78, 5) is 9.84. The zero-order chi connectivity index (χ0) is 13.4. The fourth-order valence-electron chi connectivity index (χ4n) is 1.73. The van der Waals surface area contributed by atoms with Crippen molar-refractivity contribution in [3.63, 3.8) is 0 Å². The van der Waals surface area contributed by atoms with Crippen LogP contribution in [0.5, 0.6) is 5.75 Å². The maximum atomic E-state index is 6.23. The first-order valence-corrected chi connectivity index (χ1v) is 7.49. The van der Waals surface area contributed by atoms with Gasteiger partial charge < -0.3 is 4.74 Å². The van der Waals surface area contributed by atoms with Crippen LogP contribution in [0.15, 0.2) is 34.1 Å². The van der Waals surface area contributed by atoms with Gasteiger partial charge in [-0.2, -0.15) is 0 Å². The van der Waals surface area contributed by atoms with Gasteiger partial charge in [-0.1, -0.05) is 17.7 Å². The summed E-state index contributed by atoms with van der Waals surface area (Å²) >= 11 is 11.2. The molecule has 6 heteroatoms. The highest BCUT2D eigenvalue weighted by Gasteiger charge is 2.11. The predicted molar refractivity (Wildman–Crippen MR) is 82.1 cm³/mol. The van der Waals surface area contributed by atoms with Gasteiger partial charge in [0.2, 0.25) is 0 Å². The predicted octanol–water partition coefficient (Wildman–Crippen LogP) is 4.78. The van der Waals surface area contributed by atoms with Crippen LogP contribution in [0.25, 0.3) is 21.6 Å². The van der Waals surface area contributed by atoms with Gasteiger partial charge >= 0.3 is 0 Å². The highest BCUT2D eigenvalue weighted by molar-refractivity contribution is 9.10. The smallest absolute Gasteiger partial charge is 0.171 e. The van der Waals surface area contributed by atoms with Crippen LogP contribution < -0.4 is 4.74 Å². The second kappa shape index (κ2) is 5.07. The Bertz CT molecular complexity index is 759. The van der Waals surface area contributed by atoms with Gasteiger partial charge in [0.15, 0.2) is 5.82 Å². The van der Waals surface area contributed by atoms with E-state index in [1.165, 1.54) is 11.3 Å². The van der Waals surface area contributed by atoms with Crippen molar-refractivity contribution < 1.29 is 4.74 Å². The summed E-state index contributed by atoms with van der Waals surface area (Å²) in [5.41, 5.74) is 0.810. The average molecular weight is 356 g/mol. The van der Waals surface area contributed by atoms with E-state index in [1.54, 1.807) is 7.11 Å². The van der Waals surface area contributed by atoms with E-state index >= 15 is 0 Å². The number of para-hydroxylation sites is 1. The normalized spacial score (nSPS) is 10.9. The minimum absolute atomic E-state index is 0.452. The molecule has 0 aliphatic carbocycles. The Morgan fingerprint density at radius 3 is 2.89 bits per heavy atom. The number of rotatable bonds is 2. The summed E-state index contributed by atoms with van der Waals surface area (Å²) in [6.45, 7) is 0. The molecule has 1 aromatic carbocycles. The number of thiophene rings is 1. The molecule has 0 N–H and O–H groups in total. The molecule has 0 atom stereocenters. The summed E-state index contributed by atoms with van der Waals surface area (Å²) in [5.74, 6) is 1.41. The number of benzene rings is 1. The first-order valence-electron chi connectivity index (χ1n) is 5.43. The second-order valence-corrected chi connectivity index (χ2v) is 5.95. The van der Waals surface area contributed by atoms with Crippen LogP contribution in [0, 0.1) is 0 Å². The molecule has 2 heterocycles. The lowest BCUT2D eigenvalue weighted by Gasteiger charge is -2.04. The van der Waals surface area contributed by atoms with Gasteiger partial charge in [0.1, 0.15) is 10.9 Å². The Morgan fingerprint density at radius 2 is 2.16 bits per heavy atom. The quantitative estimate of drug-likeness (QED) is 0.620. The molecule has 0 spiro atoms. The van der Waals surface area contributed by atoms with Crippen molar-refractivity contribution in [1.29, 1.82) is 0 Å². The summed E-state index contributed by atoms with van der Waals surface area (Å²) in [7, 11) is 1.64. The van der Waals surface area contributed by atoms with Crippen molar-refractivity contribution in [2.24, 2.45) is 0 Å². The Kier molecular flexibility index (Phi) is 3.43. The van der Waals surface area contributed by atoms with Crippen LogP contribution in [-0.4, -0.2) is 17.1 Å². The number of methoxy groups -OCH3 is 1. The van der Waals surface area contributed by atoms with Crippen molar-refractivity contribution in [3.8, 4) is 16.5 Å². The van der Waals surface area contributed by atoms with Gasteiger partial charge in [0.05, 0.1) is 17.5 Å². The van der Waals surface area contributed by atoms with E-state index in [9.17, 15) is 0 Å². The fourth-order valence-corrected chi connectivity index (χ4v) is 3.21. The fraction of sp³-hybridized carbons (Fsp3) is 0.0769. The summed E-state index contributed by atoms with van der Waals surface area (Å²) < 4.78 is 6.07. The van der Waals surface area contributed by atoms with E-state index in [-0.39, 0.29) is 0 Å². The average Bonchev–Trinajstić information content (AvgIpc) is 2.88. The first kappa shape index (κ1) is 12.8. The number of aromatic nitrogens is 2. The molecule has 3 nitrogen and oxygen atoms in total. The highest BCUT2D eigenvalue weighted by atomic mass is 79.9. The minimum Gasteiger partial charge on any atom is -0.496 e. The number of ether oxygens (including phenoxy) is 1. The molecule has 19 heavy (non-hydrogen) atoms. The zero-order valence-electron chi connectivity index (χ0n) is 9.85. The SMILES string of the molecule is COc1csc(-c2nc(Cl)c3cccc(Br)c3n2)c1. The molecule has 3 aromatic rings. The minimum atomic E-state index is 0.452.